The lowest BCUT2D eigenvalue weighted by molar-refractivity contribution is 0.124. The summed E-state index contributed by atoms with van der Waals surface area (Å²) in [5.41, 5.74) is 3.01. The summed E-state index contributed by atoms with van der Waals surface area (Å²) in [5.74, 6) is 1.89. The normalized spacial score (nSPS) is 23.7. The third-order valence-corrected chi connectivity index (χ3v) is 7.23. The van der Waals surface area contributed by atoms with Crippen molar-refractivity contribution < 1.29 is 4.74 Å². The van der Waals surface area contributed by atoms with E-state index < -0.39 is 0 Å². The van der Waals surface area contributed by atoms with Crippen molar-refractivity contribution in [1.82, 2.24) is 9.88 Å². The summed E-state index contributed by atoms with van der Waals surface area (Å²) < 4.78 is 6.31. The second-order valence-corrected chi connectivity index (χ2v) is 9.43. The number of piperidine rings is 1. The predicted octanol–water partition coefficient (Wildman–Crippen LogP) is 5.57. The first-order chi connectivity index (χ1) is 13.2. The van der Waals surface area contributed by atoms with E-state index in [1.807, 2.05) is 0 Å². The zero-order chi connectivity index (χ0) is 18.3. The van der Waals surface area contributed by atoms with Crippen LogP contribution in [-0.2, 0) is 6.54 Å². The first-order valence-electron chi connectivity index (χ1n) is 11.0. The maximum absolute atomic E-state index is 6.31. The van der Waals surface area contributed by atoms with Crippen molar-refractivity contribution in [3.05, 3.63) is 36.0 Å². The van der Waals surface area contributed by atoms with E-state index in [0.717, 1.165) is 29.1 Å². The molecule has 3 aliphatic rings. The van der Waals surface area contributed by atoms with Crippen molar-refractivity contribution >= 4 is 10.9 Å². The first kappa shape index (κ1) is 17.5. The van der Waals surface area contributed by atoms with Gasteiger partial charge in [0.15, 0.2) is 0 Å². The van der Waals surface area contributed by atoms with Gasteiger partial charge in [-0.1, -0.05) is 13.0 Å². The van der Waals surface area contributed by atoms with Gasteiger partial charge in [-0.15, -0.1) is 0 Å². The largest absolute Gasteiger partial charge is 0.490 e. The second-order valence-electron chi connectivity index (χ2n) is 9.43. The molecule has 2 aromatic rings. The summed E-state index contributed by atoms with van der Waals surface area (Å²) in [6, 6.07) is 10.8. The lowest BCUT2D eigenvalue weighted by Crippen LogP contribution is -2.32. The van der Waals surface area contributed by atoms with E-state index in [1.54, 1.807) is 0 Å². The van der Waals surface area contributed by atoms with Gasteiger partial charge in [-0.05, 0) is 100 Å². The van der Waals surface area contributed by atoms with Gasteiger partial charge in [0.2, 0.25) is 0 Å². The number of fused-ring (bicyclic) bond motifs is 1. The molecular formula is C24H32N2O. The van der Waals surface area contributed by atoms with Crippen LogP contribution in [0.2, 0.25) is 0 Å². The second kappa shape index (κ2) is 7.09. The molecular weight excluding hydrogens is 332 g/mol. The number of hydrogen-bond donors (Lipinski definition) is 0. The van der Waals surface area contributed by atoms with Gasteiger partial charge in [0.1, 0.15) is 5.75 Å². The van der Waals surface area contributed by atoms with Gasteiger partial charge in [0, 0.05) is 11.9 Å². The van der Waals surface area contributed by atoms with Crippen LogP contribution in [0, 0.1) is 11.3 Å². The predicted molar refractivity (Wildman–Crippen MR) is 110 cm³/mol. The molecule has 3 heteroatoms. The highest BCUT2D eigenvalue weighted by Gasteiger charge is 2.45. The minimum atomic E-state index is 0.405. The number of benzene rings is 1. The maximum atomic E-state index is 6.31. The Bertz CT molecular complexity index is 795. The van der Waals surface area contributed by atoms with Crippen LogP contribution in [-0.4, -0.2) is 29.1 Å². The average Bonchev–Trinajstić information content (AvgIpc) is 3.45. The lowest BCUT2D eigenvalue weighted by atomic mass is 9.85. The highest BCUT2D eigenvalue weighted by atomic mass is 16.5. The van der Waals surface area contributed by atoms with Crippen molar-refractivity contribution in [3.63, 3.8) is 0 Å². The van der Waals surface area contributed by atoms with Crippen molar-refractivity contribution in [1.29, 1.82) is 0 Å². The highest BCUT2D eigenvalue weighted by molar-refractivity contribution is 5.80. The molecule has 1 aromatic heterocycles. The van der Waals surface area contributed by atoms with Crippen molar-refractivity contribution in [2.45, 2.75) is 70.9 Å². The molecule has 3 fully saturated rings. The van der Waals surface area contributed by atoms with Crippen LogP contribution in [0.15, 0.2) is 30.3 Å². The van der Waals surface area contributed by atoms with E-state index in [1.165, 1.54) is 75.5 Å². The monoisotopic (exact) mass is 364 g/mol. The van der Waals surface area contributed by atoms with Gasteiger partial charge in [-0.25, -0.2) is 0 Å². The van der Waals surface area contributed by atoms with Gasteiger partial charge in [-0.2, -0.15) is 0 Å². The van der Waals surface area contributed by atoms with Crippen molar-refractivity contribution in [2.75, 3.05) is 13.1 Å². The molecule has 0 amide bonds. The average molecular weight is 365 g/mol. The minimum Gasteiger partial charge on any atom is -0.490 e. The molecule has 2 heterocycles. The first-order valence-corrected chi connectivity index (χ1v) is 11.0. The zero-order valence-electron chi connectivity index (χ0n) is 16.6. The summed E-state index contributed by atoms with van der Waals surface area (Å²) in [4.78, 5) is 7.45. The van der Waals surface area contributed by atoms with Crippen molar-refractivity contribution in [3.8, 4) is 5.75 Å². The fraction of sp³-hybridized carbons (Fsp3) is 0.625. The van der Waals surface area contributed by atoms with Crippen LogP contribution in [0.1, 0.15) is 64.0 Å². The van der Waals surface area contributed by atoms with Crippen molar-refractivity contribution in [2.24, 2.45) is 11.3 Å². The number of pyridine rings is 1. The number of aromatic nitrogens is 1. The Labute approximate surface area is 163 Å². The summed E-state index contributed by atoms with van der Waals surface area (Å²) in [6.07, 6.45) is 11.1. The summed E-state index contributed by atoms with van der Waals surface area (Å²) in [5, 5.41) is 1.19. The number of ether oxygens (including phenoxy) is 1. The summed E-state index contributed by atoms with van der Waals surface area (Å²) in [7, 11) is 0. The van der Waals surface area contributed by atoms with Gasteiger partial charge < -0.3 is 4.74 Å². The molecule has 1 saturated heterocycles. The number of rotatable bonds is 4. The number of hydrogen-bond acceptors (Lipinski definition) is 3. The molecule has 0 N–H and O–H groups in total. The smallest absolute Gasteiger partial charge is 0.120 e. The Morgan fingerprint density at radius 1 is 1.00 bits per heavy atom. The van der Waals surface area contributed by atoms with Gasteiger partial charge in [0.05, 0.1) is 17.3 Å². The molecule has 1 aromatic carbocycles. The number of likely N-dealkylation sites (tertiary alicyclic amines) is 1. The van der Waals surface area contributed by atoms with Crippen LogP contribution in [0.25, 0.3) is 10.9 Å². The van der Waals surface area contributed by atoms with Crippen LogP contribution in [0.4, 0.5) is 0 Å². The van der Waals surface area contributed by atoms with E-state index in [0.29, 0.717) is 6.10 Å². The minimum absolute atomic E-state index is 0.405. The molecule has 5 rings (SSSR count). The molecule has 0 unspecified atom stereocenters. The van der Waals surface area contributed by atoms with Gasteiger partial charge in [0.25, 0.3) is 0 Å². The Kier molecular flexibility index (Phi) is 4.59. The van der Waals surface area contributed by atoms with Gasteiger partial charge in [-0.3, -0.25) is 9.88 Å². The Balaban J connectivity index is 1.23. The van der Waals surface area contributed by atoms with E-state index in [9.17, 15) is 0 Å². The number of nitrogens with zero attached hydrogens (tertiary/aromatic N) is 2. The van der Waals surface area contributed by atoms with Crippen LogP contribution < -0.4 is 4.74 Å². The fourth-order valence-corrected chi connectivity index (χ4v) is 4.95. The molecule has 0 bridgehead atoms. The SMILES string of the molecule is CC1CCN(Cc2ccc3cc(OC4CCC5(CC4)CC5)ccc3n2)CC1. The molecule has 2 aliphatic carbocycles. The Morgan fingerprint density at radius 2 is 1.78 bits per heavy atom. The summed E-state index contributed by atoms with van der Waals surface area (Å²) in [6.45, 7) is 5.75. The topological polar surface area (TPSA) is 25.4 Å². The van der Waals surface area contributed by atoms with E-state index in [2.05, 4.69) is 42.2 Å². The zero-order valence-corrected chi connectivity index (χ0v) is 16.6. The third-order valence-electron chi connectivity index (χ3n) is 7.23. The molecule has 0 radical (unpaired) electrons. The molecule has 144 valence electrons. The van der Waals surface area contributed by atoms with Gasteiger partial charge >= 0.3 is 0 Å². The Morgan fingerprint density at radius 3 is 2.52 bits per heavy atom. The molecule has 3 nitrogen and oxygen atoms in total. The van der Waals surface area contributed by atoms with Crippen LogP contribution >= 0.6 is 0 Å². The van der Waals surface area contributed by atoms with Crippen LogP contribution in [0.5, 0.6) is 5.75 Å². The Hall–Kier alpha value is -1.61. The van der Waals surface area contributed by atoms with E-state index >= 15 is 0 Å². The summed E-state index contributed by atoms with van der Waals surface area (Å²) >= 11 is 0. The molecule has 2 saturated carbocycles. The lowest BCUT2D eigenvalue weighted by Gasteiger charge is -2.30. The standard InChI is InChI=1S/C24H32N2O/c1-18-8-14-26(15-9-18)17-20-3-2-19-16-22(4-5-23(19)25-20)27-21-6-10-24(11-7-21)12-13-24/h2-5,16,18,21H,6-15,17H2,1H3. The van der Waals surface area contributed by atoms with Crippen LogP contribution in [0.3, 0.4) is 0 Å². The maximum Gasteiger partial charge on any atom is 0.120 e. The quantitative estimate of drug-likeness (QED) is 0.709. The van der Waals surface area contributed by atoms with E-state index in [-0.39, 0.29) is 0 Å². The fourth-order valence-electron chi connectivity index (χ4n) is 4.95. The molecule has 0 atom stereocenters. The third kappa shape index (κ3) is 3.99. The van der Waals surface area contributed by atoms with E-state index in [4.69, 9.17) is 9.72 Å². The molecule has 1 spiro atoms. The molecule has 1 aliphatic heterocycles. The molecule has 27 heavy (non-hydrogen) atoms. The highest BCUT2D eigenvalue weighted by Crippen LogP contribution is 2.56.